The van der Waals surface area contributed by atoms with Crippen LogP contribution in [0.25, 0.3) is 0 Å². The van der Waals surface area contributed by atoms with E-state index in [2.05, 4.69) is 10.1 Å². The lowest BCUT2D eigenvalue weighted by molar-refractivity contribution is 0.0982. The average molecular weight is 507 g/mol. The second-order valence-corrected chi connectivity index (χ2v) is 8.73. The van der Waals surface area contributed by atoms with Crippen molar-refractivity contribution in [2.75, 3.05) is 11.9 Å². The number of rotatable bonds is 8. The standard InChI is InChI=1S/C26H23ClN4O5/c1-15(32)18-9-10-19(20(27)12-18)23(17-7-5-4-6-8-17)30(2)26-29-22(24(34)25(35)31(26)3)21(33)11-16-13-28-36-14-16/h4-10,12-14,23,34H,11H2,1-3H3. The van der Waals surface area contributed by atoms with Crippen molar-refractivity contribution in [3.63, 3.8) is 0 Å². The molecule has 2 aromatic carbocycles. The largest absolute Gasteiger partial charge is 0.501 e. The maximum absolute atomic E-state index is 12.9. The molecule has 0 saturated carbocycles. The lowest BCUT2D eigenvalue weighted by Crippen LogP contribution is -2.34. The SMILES string of the molecule is CC(=O)c1ccc(C(c2ccccc2)N(C)c2nc(C(=O)Cc3cnoc3)c(O)c(=O)n2C)c(Cl)c1. The molecule has 1 N–H and O–H groups in total. The van der Waals surface area contributed by atoms with Crippen LogP contribution in [-0.2, 0) is 13.5 Å². The predicted molar refractivity (Wildman–Crippen MR) is 134 cm³/mol. The van der Waals surface area contributed by atoms with Gasteiger partial charge < -0.3 is 14.5 Å². The Hall–Kier alpha value is -4.24. The van der Waals surface area contributed by atoms with Crippen LogP contribution in [0.15, 0.2) is 70.3 Å². The molecular weight excluding hydrogens is 484 g/mol. The van der Waals surface area contributed by atoms with E-state index >= 15 is 0 Å². The fraction of sp³-hybridized carbons (Fsp3) is 0.192. The molecule has 0 spiro atoms. The molecule has 9 nitrogen and oxygen atoms in total. The Morgan fingerprint density at radius 2 is 1.92 bits per heavy atom. The molecule has 10 heteroatoms. The molecule has 0 aliphatic heterocycles. The Bertz CT molecular complexity index is 1480. The quantitative estimate of drug-likeness (QED) is 0.356. The summed E-state index contributed by atoms with van der Waals surface area (Å²) in [7, 11) is 3.16. The topological polar surface area (TPSA) is 119 Å². The molecule has 1 unspecified atom stereocenters. The van der Waals surface area contributed by atoms with Crippen molar-refractivity contribution in [2.24, 2.45) is 7.05 Å². The zero-order valence-corrected chi connectivity index (χ0v) is 20.6. The molecule has 0 amide bonds. The lowest BCUT2D eigenvalue weighted by atomic mass is 9.96. The highest BCUT2D eigenvalue weighted by Gasteiger charge is 2.28. The number of anilines is 1. The van der Waals surface area contributed by atoms with Gasteiger partial charge in [-0.2, -0.15) is 0 Å². The highest BCUT2D eigenvalue weighted by Crippen LogP contribution is 2.35. The molecule has 36 heavy (non-hydrogen) atoms. The smallest absolute Gasteiger partial charge is 0.297 e. The molecule has 0 fully saturated rings. The highest BCUT2D eigenvalue weighted by atomic mass is 35.5. The number of nitrogens with zero attached hydrogens (tertiary/aromatic N) is 4. The lowest BCUT2D eigenvalue weighted by Gasteiger charge is -2.32. The zero-order valence-electron chi connectivity index (χ0n) is 19.8. The van der Waals surface area contributed by atoms with E-state index in [1.165, 1.54) is 31.0 Å². The Morgan fingerprint density at radius 3 is 2.53 bits per heavy atom. The van der Waals surface area contributed by atoms with E-state index in [4.69, 9.17) is 16.1 Å². The van der Waals surface area contributed by atoms with Crippen molar-refractivity contribution in [3.8, 4) is 5.75 Å². The van der Waals surface area contributed by atoms with Crippen LogP contribution in [0.2, 0.25) is 5.02 Å². The predicted octanol–water partition coefficient (Wildman–Crippen LogP) is 3.98. The number of aromatic hydroxyl groups is 1. The van der Waals surface area contributed by atoms with E-state index in [0.717, 1.165) is 5.56 Å². The van der Waals surface area contributed by atoms with Crippen LogP contribution in [0.3, 0.4) is 0 Å². The molecule has 0 aliphatic carbocycles. The third-order valence-electron chi connectivity index (χ3n) is 5.88. The third-order valence-corrected chi connectivity index (χ3v) is 6.20. The van der Waals surface area contributed by atoms with Crippen molar-refractivity contribution in [1.29, 1.82) is 0 Å². The van der Waals surface area contributed by atoms with Gasteiger partial charge in [0.2, 0.25) is 11.7 Å². The van der Waals surface area contributed by atoms with Crippen LogP contribution in [0, 0.1) is 0 Å². The normalized spacial score (nSPS) is 11.8. The van der Waals surface area contributed by atoms with Gasteiger partial charge in [0.25, 0.3) is 5.56 Å². The Balaban J connectivity index is 1.84. The molecule has 1 atom stereocenters. The highest BCUT2D eigenvalue weighted by molar-refractivity contribution is 6.31. The summed E-state index contributed by atoms with van der Waals surface area (Å²) in [6.45, 7) is 1.46. The van der Waals surface area contributed by atoms with E-state index in [1.54, 1.807) is 30.1 Å². The van der Waals surface area contributed by atoms with Gasteiger partial charge in [0.05, 0.1) is 12.2 Å². The van der Waals surface area contributed by atoms with E-state index in [1.807, 2.05) is 30.3 Å². The summed E-state index contributed by atoms with van der Waals surface area (Å²) < 4.78 is 5.92. The number of ketones is 2. The monoisotopic (exact) mass is 506 g/mol. The Kier molecular flexibility index (Phi) is 7.03. The molecule has 0 radical (unpaired) electrons. The minimum atomic E-state index is -0.773. The second-order valence-electron chi connectivity index (χ2n) is 8.32. The van der Waals surface area contributed by atoms with E-state index in [9.17, 15) is 19.5 Å². The Morgan fingerprint density at radius 1 is 1.19 bits per heavy atom. The maximum Gasteiger partial charge on any atom is 0.297 e. The van der Waals surface area contributed by atoms with Crippen molar-refractivity contribution >= 4 is 29.1 Å². The van der Waals surface area contributed by atoms with Crippen molar-refractivity contribution in [3.05, 3.63) is 104 Å². The fourth-order valence-electron chi connectivity index (χ4n) is 4.00. The Labute approximate surface area is 211 Å². The van der Waals surface area contributed by atoms with Gasteiger partial charge in [0.15, 0.2) is 17.3 Å². The van der Waals surface area contributed by atoms with E-state index in [-0.39, 0.29) is 23.8 Å². The molecule has 2 aromatic heterocycles. The summed E-state index contributed by atoms with van der Waals surface area (Å²) in [4.78, 5) is 43.8. The van der Waals surface area contributed by atoms with Crippen molar-refractivity contribution in [2.45, 2.75) is 19.4 Å². The average Bonchev–Trinajstić information content (AvgIpc) is 3.37. The molecular formula is C26H23ClN4O5. The van der Waals surface area contributed by atoms with Crippen LogP contribution in [0.5, 0.6) is 5.75 Å². The minimum absolute atomic E-state index is 0.119. The summed E-state index contributed by atoms with van der Waals surface area (Å²) in [5.41, 5.74) is 1.31. The van der Waals surface area contributed by atoms with Crippen molar-refractivity contribution in [1.82, 2.24) is 14.7 Å². The first-order valence-corrected chi connectivity index (χ1v) is 11.4. The van der Waals surface area contributed by atoms with Crippen LogP contribution in [-0.4, -0.2) is 38.4 Å². The van der Waals surface area contributed by atoms with E-state index < -0.39 is 23.1 Å². The maximum atomic E-state index is 12.9. The van der Waals surface area contributed by atoms with E-state index in [0.29, 0.717) is 21.7 Å². The van der Waals surface area contributed by atoms with Crippen molar-refractivity contribution < 1.29 is 19.2 Å². The van der Waals surface area contributed by atoms with Crippen LogP contribution in [0.4, 0.5) is 5.95 Å². The minimum Gasteiger partial charge on any atom is -0.501 e. The number of carbonyl (C=O) groups is 2. The summed E-state index contributed by atoms with van der Waals surface area (Å²) >= 11 is 6.63. The molecule has 0 aliphatic rings. The van der Waals surface area contributed by atoms with Gasteiger partial charge >= 0.3 is 0 Å². The molecule has 0 saturated heterocycles. The first-order valence-electron chi connectivity index (χ1n) is 11.0. The number of benzene rings is 2. The number of hydrogen-bond donors (Lipinski definition) is 1. The fourth-order valence-corrected chi connectivity index (χ4v) is 4.29. The third kappa shape index (κ3) is 4.78. The van der Waals surface area contributed by atoms with Crippen LogP contribution < -0.4 is 10.5 Å². The van der Waals surface area contributed by atoms with Gasteiger partial charge in [0, 0.05) is 36.7 Å². The van der Waals surface area contributed by atoms with Crippen LogP contribution >= 0.6 is 11.6 Å². The molecule has 2 heterocycles. The van der Waals surface area contributed by atoms with Gasteiger partial charge in [-0.3, -0.25) is 19.0 Å². The summed E-state index contributed by atoms with van der Waals surface area (Å²) in [6.07, 6.45) is 2.53. The second kappa shape index (κ2) is 10.2. The first-order chi connectivity index (χ1) is 17.2. The first kappa shape index (κ1) is 24.9. The number of Topliss-reactive ketones (excluding diaryl/α,β-unsaturated/α-hetero) is 2. The number of carbonyl (C=O) groups excluding carboxylic acids is 2. The van der Waals surface area contributed by atoms with Crippen LogP contribution in [0.1, 0.15) is 50.5 Å². The molecule has 4 aromatic rings. The van der Waals surface area contributed by atoms with Gasteiger partial charge in [0.1, 0.15) is 6.26 Å². The van der Waals surface area contributed by atoms with Gasteiger partial charge in [-0.15, -0.1) is 0 Å². The van der Waals surface area contributed by atoms with Gasteiger partial charge in [-0.25, -0.2) is 4.98 Å². The summed E-state index contributed by atoms with van der Waals surface area (Å²) in [5, 5.41) is 14.4. The number of aromatic nitrogens is 3. The molecule has 184 valence electrons. The zero-order chi connectivity index (χ0) is 26.0. The van der Waals surface area contributed by atoms with Gasteiger partial charge in [-0.1, -0.05) is 59.2 Å². The number of hydrogen-bond acceptors (Lipinski definition) is 8. The van der Waals surface area contributed by atoms with Gasteiger partial charge in [-0.05, 0) is 24.1 Å². The summed E-state index contributed by atoms with van der Waals surface area (Å²) in [5.74, 6) is -1.29. The summed E-state index contributed by atoms with van der Waals surface area (Å²) in [6, 6.07) is 13.9. The molecule has 4 rings (SSSR count). The molecule has 0 bridgehead atoms. The number of halogens is 1.